The van der Waals surface area contributed by atoms with Gasteiger partial charge in [-0.2, -0.15) is 0 Å². The molecule has 0 saturated carbocycles. The molecular weight excluding hydrogens is 459 g/mol. The van der Waals surface area contributed by atoms with Crippen LogP contribution < -0.4 is 4.90 Å². The zero-order valence-corrected chi connectivity index (χ0v) is 19.0. The van der Waals surface area contributed by atoms with Crippen molar-refractivity contribution < 1.29 is 4.79 Å². The highest BCUT2D eigenvalue weighted by Crippen LogP contribution is 2.38. The van der Waals surface area contributed by atoms with Gasteiger partial charge in [-0.25, -0.2) is 4.99 Å². The van der Waals surface area contributed by atoms with Crippen molar-refractivity contribution >= 4 is 74.3 Å². The number of nitrogens with zero attached hydrogens (tertiary/aromatic N) is 2. The van der Waals surface area contributed by atoms with E-state index in [1.807, 2.05) is 54.6 Å². The van der Waals surface area contributed by atoms with Crippen molar-refractivity contribution in [1.29, 1.82) is 0 Å². The Balaban J connectivity index is 1.61. The van der Waals surface area contributed by atoms with E-state index in [0.29, 0.717) is 25.8 Å². The Kier molecular flexibility index (Phi) is 5.75. The van der Waals surface area contributed by atoms with Gasteiger partial charge in [-0.1, -0.05) is 65.7 Å². The monoisotopic (exact) mass is 474 g/mol. The first kappa shape index (κ1) is 20.8. The smallest absolute Gasteiger partial charge is 0.268 e. The highest BCUT2D eigenvalue weighted by molar-refractivity contribution is 8.19. The topological polar surface area (TPSA) is 32.7 Å². The summed E-state index contributed by atoms with van der Waals surface area (Å²) in [6.45, 7) is 0. The molecule has 0 N–H and O–H groups in total. The molecule has 0 aliphatic carbocycles. The summed E-state index contributed by atoms with van der Waals surface area (Å²) in [5, 5.41) is 4.04. The van der Waals surface area contributed by atoms with Crippen LogP contribution in [0.15, 0.2) is 101 Å². The molecular formula is C26H16Cl2N2OS. The zero-order chi connectivity index (χ0) is 22.1. The predicted octanol–water partition coefficient (Wildman–Crippen LogP) is 7.96. The lowest BCUT2D eigenvalue weighted by molar-refractivity contribution is -0.113. The van der Waals surface area contributed by atoms with Gasteiger partial charge in [0.2, 0.25) is 0 Å². The Hall–Kier alpha value is -3.05. The molecule has 0 aromatic heterocycles. The Morgan fingerprint density at radius 2 is 1.44 bits per heavy atom. The van der Waals surface area contributed by atoms with E-state index in [9.17, 15) is 4.79 Å². The summed E-state index contributed by atoms with van der Waals surface area (Å²) in [5.74, 6) is -0.127. The third kappa shape index (κ3) is 4.17. The number of amidine groups is 1. The number of rotatable bonds is 3. The maximum absolute atomic E-state index is 13.5. The van der Waals surface area contributed by atoms with Crippen molar-refractivity contribution in [2.24, 2.45) is 4.99 Å². The van der Waals surface area contributed by atoms with Crippen LogP contribution in [0.2, 0.25) is 10.0 Å². The molecule has 0 atom stereocenters. The van der Waals surface area contributed by atoms with E-state index in [0.717, 1.165) is 22.0 Å². The van der Waals surface area contributed by atoms with Crippen LogP contribution in [0.4, 0.5) is 11.4 Å². The standard InChI is InChI=1S/C26H16Cl2N2OS/c27-19-8-12-21(13-9-19)29-26-30(22-14-10-20(28)11-15-22)25(31)24(32-26)16-18-6-3-5-17-4-1-2-7-23(17)18/h1-16H/b24-16-,29-26?. The van der Waals surface area contributed by atoms with Crippen molar-refractivity contribution in [2.45, 2.75) is 0 Å². The van der Waals surface area contributed by atoms with Gasteiger partial charge >= 0.3 is 0 Å². The number of amides is 1. The van der Waals surface area contributed by atoms with E-state index in [-0.39, 0.29) is 5.91 Å². The maximum atomic E-state index is 13.5. The minimum atomic E-state index is -0.127. The Bertz CT molecular complexity index is 1370. The average molecular weight is 475 g/mol. The van der Waals surface area contributed by atoms with Crippen molar-refractivity contribution in [3.63, 3.8) is 0 Å². The second-order valence-electron chi connectivity index (χ2n) is 7.17. The summed E-state index contributed by atoms with van der Waals surface area (Å²) in [6, 6.07) is 28.6. The van der Waals surface area contributed by atoms with E-state index in [4.69, 9.17) is 28.2 Å². The molecule has 0 unspecified atom stereocenters. The molecule has 1 amide bonds. The largest absolute Gasteiger partial charge is 0.271 e. The molecule has 1 heterocycles. The molecule has 3 nitrogen and oxygen atoms in total. The fraction of sp³-hybridized carbons (Fsp3) is 0. The minimum Gasteiger partial charge on any atom is -0.268 e. The molecule has 5 rings (SSSR count). The third-order valence-corrected chi connectivity index (χ3v) is 6.53. The van der Waals surface area contributed by atoms with Gasteiger partial charge in [0.15, 0.2) is 5.17 Å². The SMILES string of the molecule is O=C1/C(=C/c2cccc3ccccc23)SC(=Nc2ccc(Cl)cc2)N1c1ccc(Cl)cc1. The van der Waals surface area contributed by atoms with Crippen LogP contribution in [-0.2, 0) is 4.79 Å². The summed E-state index contributed by atoms with van der Waals surface area (Å²) < 4.78 is 0. The van der Waals surface area contributed by atoms with Crippen molar-refractivity contribution in [1.82, 2.24) is 0 Å². The normalized spacial score (nSPS) is 16.4. The third-order valence-electron chi connectivity index (χ3n) is 5.05. The van der Waals surface area contributed by atoms with E-state index in [2.05, 4.69) is 18.2 Å². The first-order valence-corrected chi connectivity index (χ1v) is 11.5. The number of carbonyl (C=O) groups is 1. The molecule has 6 heteroatoms. The fourth-order valence-corrected chi connectivity index (χ4v) is 4.75. The summed E-state index contributed by atoms with van der Waals surface area (Å²) in [6.07, 6.45) is 1.93. The van der Waals surface area contributed by atoms with Crippen LogP contribution in [0, 0.1) is 0 Å². The number of hydrogen-bond donors (Lipinski definition) is 0. The van der Waals surface area contributed by atoms with E-state index >= 15 is 0 Å². The number of anilines is 1. The molecule has 0 spiro atoms. The van der Waals surface area contributed by atoms with Crippen LogP contribution in [0.3, 0.4) is 0 Å². The molecule has 0 radical (unpaired) electrons. The molecule has 1 fully saturated rings. The van der Waals surface area contributed by atoms with Crippen molar-refractivity contribution in [3.8, 4) is 0 Å². The summed E-state index contributed by atoms with van der Waals surface area (Å²) in [4.78, 5) is 20.4. The Labute approximate surface area is 200 Å². The van der Waals surface area contributed by atoms with Crippen LogP contribution in [-0.4, -0.2) is 11.1 Å². The van der Waals surface area contributed by atoms with Crippen LogP contribution >= 0.6 is 35.0 Å². The van der Waals surface area contributed by atoms with Crippen LogP contribution in [0.25, 0.3) is 16.8 Å². The van der Waals surface area contributed by atoms with Crippen LogP contribution in [0.5, 0.6) is 0 Å². The number of benzene rings is 4. The highest BCUT2D eigenvalue weighted by atomic mass is 35.5. The predicted molar refractivity (Wildman–Crippen MR) is 137 cm³/mol. The van der Waals surface area contributed by atoms with Gasteiger partial charge in [0.1, 0.15) is 0 Å². The lowest BCUT2D eigenvalue weighted by Crippen LogP contribution is -2.28. The molecule has 4 aromatic carbocycles. The van der Waals surface area contributed by atoms with Gasteiger partial charge in [-0.05, 0) is 82.7 Å². The highest BCUT2D eigenvalue weighted by Gasteiger charge is 2.34. The van der Waals surface area contributed by atoms with Gasteiger partial charge in [-0.3, -0.25) is 9.69 Å². The summed E-state index contributed by atoms with van der Waals surface area (Å²) in [7, 11) is 0. The van der Waals surface area contributed by atoms with Crippen molar-refractivity contribution in [2.75, 3.05) is 4.90 Å². The number of thioether (sulfide) groups is 1. The quantitative estimate of drug-likeness (QED) is 0.282. The second kappa shape index (κ2) is 8.83. The fourth-order valence-electron chi connectivity index (χ4n) is 3.51. The van der Waals surface area contributed by atoms with Gasteiger partial charge < -0.3 is 0 Å². The van der Waals surface area contributed by atoms with Crippen LogP contribution in [0.1, 0.15) is 5.56 Å². The molecule has 0 bridgehead atoms. The van der Waals surface area contributed by atoms with Gasteiger partial charge in [0.25, 0.3) is 5.91 Å². The number of halogens is 2. The van der Waals surface area contributed by atoms with E-state index in [1.54, 1.807) is 29.2 Å². The molecule has 1 aliphatic rings. The van der Waals surface area contributed by atoms with E-state index < -0.39 is 0 Å². The Morgan fingerprint density at radius 3 is 2.19 bits per heavy atom. The first-order valence-electron chi connectivity index (χ1n) is 9.90. The summed E-state index contributed by atoms with van der Waals surface area (Å²) >= 11 is 13.4. The minimum absolute atomic E-state index is 0.127. The average Bonchev–Trinajstić information content (AvgIpc) is 3.11. The number of hydrogen-bond acceptors (Lipinski definition) is 3. The zero-order valence-electron chi connectivity index (χ0n) is 16.7. The number of carbonyl (C=O) groups excluding carboxylic acids is 1. The number of fused-ring (bicyclic) bond motifs is 1. The van der Waals surface area contributed by atoms with Crippen molar-refractivity contribution in [3.05, 3.63) is 112 Å². The second-order valence-corrected chi connectivity index (χ2v) is 9.05. The van der Waals surface area contributed by atoms with Gasteiger partial charge in [0.05, 0.1) is 16.3 Å². The first-order chi connectivity index (χ1) is 15.6. The van der Waals surface area contributed by atoms with E-state index in [1.165, 1.54) is 11.8 Å². The lowest BCUT2D eigenvalue weighted by atomic mass is 10.0. The molecule has 1 aliphatic heterocycles. The lowest BCUT2D eigenvalue weighted by Gasteiger charge is -2.15. The van der Waals surface area contributed by atoms with Gasteiger partial charge in [-0.15, -0.1) is 0 Å². The summed E-state index contributed by atoms with van der Waals surface area (Å²) in [5.41, 5.74) is 2.42. The molecule has 32 heavy (non-hydrogen) atoms. The van der Waals surface area contributed by atoms with Gasteiger partial charge in [0, 0.05) is 10.0 Å². The number of aliphatic imine (C=N–C) groups is 1. The Morgan fingerprint density at radius 1 is 0.781 bits per heavy atom. The molecule has 1 saturated heterocycles. The molecule has 4 aromatic rings. The molecule has 156 valence electrons. The maximum Gasteiger partial charge on any atom is 0.271 e.